The molecule has 0 radical (unpaired) electrons. The first-order valence-electron chi connectivity index (χ1n) is 5.92. The minimum absolute atomic E-state index is 0.180. The molecule has 4 nitrogen and oxygen atoms in total. The van der Waals surface area contributed by atoms with E-state index in [2.05, 4.69) is 31.5 Å². The molecule has 1 aromatic heterocycles. The molecule has 0 aliphatic rings. The fourth-order valence-corrected chi connectivity index (χ4v) is 2.11. The van der Waals surface area contributed by atoms with E-state index in [1.165, 1.54) is 6.07 Å². The number of hydrogen-bond donors (Lipinski definition) is 2. The third-order valence-electron chi connectivity index (χ3n) is 2.80. The van der Waals surface area contributed by atoms with Crippen molar-refractivity contribution in [2.24, 2.45) is 0 Å². The Kier molecular flexibility index (Phi) is 4.34. The summed E-state index contributed by atoms with van der Waals surface area (Å²) in [5.74, 6) is -0.455. The molecule has 1 heterocycles. The number of carbonyl (C=O) groups excluding carboxylic acids is 1. The van der Waals surface area contributed by atoms with E-state index < -0.39 is 11.7 Å². The molecule has 20 heavy (non-hydrogen) atoms. The third-order valence-corrected chi connectivity index (χ3v) is 3.23. The van der Waals surface area contributed by atoms with Crippen LogP contribution in [0.15, 0.2) is 34.9 Å². The van der Waals surface area contributed by atoms with Gasteiger partial charge in [0.2, 0.25) is 0 Å². The first-order chi connectivity index (χ1) is 9.52. The van der Waals surface area contributed by atoms with E-state index in [9.17, 15) is 9.18 Å². The number of carbonyl (C=O) groups is 1. The molecule has 0 aliphatic heterocycles. The van der Waals surface area contributed by atoms with E-state index in [1.54, 1.807) is 38.4 Å². The highest BCUT2D eigenvalue weighted by Crippen LogP contribution is 2.22. The Labute approximate surface area is 124 Å². The number of amides is 1. The number of para-hydroxylation sites is 1. The van der Waals surface area contributed by atoms with Crippen LogP contribution in [0, 0.1) is 12.7 Å². The lowest BCUT2D eigenvalue weighted by Gasteiger charge is -2.11. The summed E-state index contributed by atoms with van der Waals surface area (Å²) >= 11 is 3.26. The van der Waals surface area contributed by atoms with E-state index in [0.717, 1.165) is 0 Å². The van der Waals surface area contributed by atoms with E-state index in [4.69, 9.17) is 0 Å². The second-order valence-electron chi connectivity index (χ2n) is 4.19. The van der Waals surface area contributed by atoms with Crippen LogP contribution in [-0.2, 0) is 0 Å². The monoisotopic (exact) mass is 337 g/mol. The van der Waals surface area contributed by atoms with E-state index in [0.29, 0.717) is 21.4 Å². The SMILES string of the molecule is CNc1ncc(Br)cc1C(=O)Nc1c(C)cccc1F. The van der Waals surface area contributed by atoms with Gasteiger partial charge in [0.25, 0.3) is 5.91 Å². The smallest absolute Gasteiger partial charge is 0.259 e. The normalized spacial score (nSPS) is 10.2. The lowest BCUT2D eigenvalue weighted by atomic mass is 10.1. The van der Waals surface area contributed by atoms with Crippen molar-refractivity contribution in [2.45, 2.75) is 6.92 Å². The Hall–Kier alpha value is -1.95. The Balaban J connectivity index is 2.35. The number of pyridine rings is 1. The van der Waals surface area contributed by atoms with Gasteiger partial charge >= 0.3 is 0 Å². The van der Waals surface area contributed by atoms with Gasteiger partial charge in [0.05, 0.1) is 11.3 Å². The highest BCUT2D eigenvalue weighted by atomic mass is 79.9. The maximum absolute atomic E-state index is 13.7. The standard InChI is InChI=1S/C14H13BrFN3O/c1-8-4-3-5-11(16)12(8)19-14(20)10-6-9(15)7-18-13(10)17-2/h3-7H,1-2H3,(H,17,18)(H,19,20). The summed E-state index contributed by atoms with van der Waals surface area (Å²) in [6, 6.07) is 6.27. The predicted molar refractivity (Wildman–Crippen MR) is 80.6 cm³/mol. The van der Waals surface area contributed by atoms with Gasteiger partial charge in [-0.05, 0) is 40.5 Å². The Morgan fingerprint density at radius 1 is 1.40 bits per heavy atom. The lowest BCUT2D eigenvalue weighted by Crippen LogP contribution is -2.16. The van der Waals surface area contributed by atoms with Gasteiger partial charge in [-0.1, -0.05) is 12.1 Å². The number of rotatable bonds is 3. The molecule has 0 spiro atoms. The van der Waals surface area contributed by atoms with Crippen LogP contribution < -0.4 is 10.6 Å². The van der Waals surface area contributed by atoms with Crippen LogP contribution in [0.1, 0.15) is 15.9 Å². The van der Waals surface area contributed by atoms with E-state index in [1.807, 2.05) is 0 Å². The molecule has 0 aliphatic carbocycles. The summed E-state index contributed by atoms with van der Waals surface area (Å²) in [6.07, 6.45) is 1.58. The molecule has 0 fully saturated rings. The number of aromatic nitrogens is 1. The summed E-state index contributed by atoms with van der Waals surface area (Å²) in [5.41, 5.74) is 1.18. The van der Waals surface area contributed by atoms with Crippen LogP contribution in [0.25, 0.3) is 0 Å². The molecule has 0 saturated heterocycles. The Morgan fingerprint density at radius 3 is 2.80 bits per heavy atom. The average molecular weight is 338 g/mol. The minimum atomic E-state index is -0.465. The van der Waals surface area contributed by atoms with Gasteiger partial charge < -0.3 is 10.6 Å². The van der Waals surface area contributed by atoms with Crippen molar-refractivity contribution in [2.75, 3.05) is 17.7 Å². The van der Waals surface area contributed by atoms with Crippen molar-refractivity contribution in [1.82, 2.24) is 4.98 Å². The zero-order valence-corrected chi connectivity index (χ0v) is 12.6. The predicted octanol–water partition coefficient (Wildman–Crippen LogP) is 3.59. The maximum atomic E-state index is 13.7. The molecule has 6 heteroatoms. The number of anilines is 2. The lowest BCUT2D eigenvalue weighted by molar-refractivity contribution is 0.102. The topological polar surface area (TPSA) is 54.0 Å². The number of nitrogens with zero attached hydrogens (tertiary/aromatic N) is 1. The Morgan fingerprint density at radius 2 is 2.15 bits per heavy atom. The van der Waals surface area contributed by atoms with Gasteiger partial charge in [0.15, 0.2) is 0 Å². The van der Waals surface area contributed by atoms with Gasteiger partial charge in [-0.15, -0.1) is 0 Å². The highest BCUT2D eigenvalue weighted by molar-refractivity contribution is 9.10. The van der Waals surface area contributed by atoms with Crippen molar-refractivity contribution in [1.29, 1.82) is 0 Å². The summed E-state index contributed by atoms with van der Waals surface area (Å²) in [7, 11) is 1.67. The molecule has 2 N–H and O–H groups in total. The summed E-state index contributed by atoms with van der Waals surface area (Å²) in [5, 5.41) is 5.41. The van der Waals surface area contributed by atoms with Gasteiger partial charge in [-0.2, -0.15) is 0 Å². The summed E-state index contributed by atoms with van der Waals surface area (Å²) in [6.45, 7) is 1.73. The average Bonchev–Trinajstić information content (AvgIpc) is 2.43. The molecule has 2 rings (SSSR count). The summed E-state index contributed by atoms with van der Waals surface area (Å²) < 4.78 is 14.4. The van der Waals surface area contributed by atoms with E-state index >= 15 is 0 Å². The van der Waals surface area contributed by atoms with Crippen LogP contribution in [0.3, 0.4) is 0 Å². The third kappa shape index (κ3) is 2.96. The van der Waals surface area contributed by atoms with Crippen molar-refractivity contribution >= 4 is 33.3 Å². The van der Waals surface area contributed by atoms with Crippen LogP contribution in [0.5, 0.6) is 0 Å². The molecule has 0 atom stereocenters. The number of hydrogen-bond acceptors (Lipinski definition) is 3. The number of benzene rings is 1. The van der Waals surface area contributed by atoms with Crippen molar-refractivity contribution in [3.05, 3.63) is 51.9 Å². The molecule has 1 aromatic carbocycles. The molecular weight excluding hydrogens is 325 g/mol. The van der Waals surface area contributed by atoms with Gasteiger partial charge in [0.1, 0.15) is 11.6 Å². The van der Waals surface area contributed by atoms with Gasteiger partial charge in [-0.25, -0.2) is 9.37 Å². The highest BCUT2D eigenvalue weighted by Gasteiger charge is 2.15. The molecule has 0 bridgehead atoms. The fraction of sp³-hybridized carbons (Fsp3) is 0.143. The molecule has 1 amide bonds. The molecular formula is C14H13BrFN3O. The van der Waals surface area contributed by atoms with Gasteiger partial charge in [-0.3, -0.25) is 4.79 Å². The second-order valence-corrected chi connectivity index (χ2v) is 5.10. The zero-order valence-electron chi connectivity index (χ0n) is 11.0. The first-order valence-corrected chi connectivity index (χ1v) is 6.72. The number of nitrogens with one attached hydrogen (secondary N) is 2. The largest absolute Gasteiger partial charge is 0.372 e. The van der Waals surface area contributed by atoms with Crippen LogP contribution in [-0.4, -0.2) is 17.9 Å². The van der Waals surface area contributed by atoms with Crippen molar-refractivity contribution in [3.8, 4) is 0 Å². The minimum Gasteiger partial charge on any atom is -0.372 e. The van der Waals surface area contributed by atoms with Crippen molar-refractivity contribution in [3.63, 3.8) is 0 Å². The molecule has 0 saturated carbocycles. The quantitative estimate of drug-likeness (QED) is 0.899. The molecule has 2 aromatic rings. The van der Waals surface area contributed by atoms with Crippen molar-refractivity contribution < 1.29 is 9.18 Å². The van der Waals surface area contributed by atoms with Gasteiger partial charge in [0, 0.05) is 17.7 Å². The summed E-state index contributed by atoms with van der Waals surface area (Å²) in [4.78, 5) is 16.4. The maximum Gasteiger partial charge on any atom is 0.259 e. The Bertz CT molecular complexity index is 641. The number of aryl methyl sites for hydroxylation is 1. The van der Waals surface area contributed by atoms with Crippen LogP contribution >= 0.6 is 15.9 Å². The second kappa shape index (κ2) is 6.00. The van der Waals surface area contributed by atoms with Crippen LogP contribution in [0.4, 0.5) is 15.9 Å². The molecule has 104 valence electrons. The molecule has 0 unspecified atom stereocenters. The number of halogens is 2. The zero-order chi connectivity index (χ0) is 14.7. The van der Waals surface area contributed by atoms with E-state index in [-0.39, 0.29) is 5.69 Å². The fourth-order valence-electron chi connectivity index (χ4n) is 1.78. The first kappa shape index (κ1) is 14.5. The van der Waals surface area contributed by atoms with Crippen LogP contribution in [0.2, 0.25) is 0 Å².